The molecule has 0 radical (unpaired) electrons. The SMILES string of the molecule is CCn1cc(NS(=O)(=O)c2cc(C)cc(N)c2)cn1. The molecule has 0 aliphatic rings. The van der Waals surface area contributed by atoms with E-state index in [0.717, 1.165) is 5.56 Å². The normalized spacial score (nSPS) is 11.5. The minimum atomic E-state index is -3.64. The molecule has 0 unspecified atom stereocenters. The summed E-state index contributed by atoms with van der Waals surface area (Å²) in [6, 6.07) is 4.72. The van der Waals surface area contributed by atoms with E-state index >= 15 is 0 Å². The number of hydrogen-bond acceptors (Lipinski definition) is 4. The van der Waals surface area contributed by atoms with Gasteiger partial charge in [0.25, 0.3) is 10.0 Å². The summed E-state index contributed by atoms with van der Waals surface area (Å²) in [6.45, 7) is 4.40. The number of aryl methyl sites for hydroxylation is 2. The number of nitrogens with zero attached hydrogens (tertiary/aromatic N) is 2. The van der Waals surface area contributed by atoms with Crippen LogP contribution in [0, 0.1) is 6.92 Å². The van der Waals surface area contributed by atoms with Gasteiger partial charge in [0.1, 0.15) is 0 Å². The first-order chi connectivity index (χ1) is 8.90. The molecule has 0 bridgehead atoms. The summed E-state index contributed by atoms with van der Waals surface area (Å²) >= 11 is 0. The van der Waals surface area contributed by atoms with Gasteiger partial charge in [0.15, 0.2) is 0 Å². The third-order valence-electron chi connectivity index (χ3n) is 2.59. The molecule has 0 aliphatic carbocycles. The zero-order valence-electron chi connectivity index (χ0n) is 10.8. The van der Waals surface area contributed by atoms with E-state index in [4.69, 9.17) is 5.73 Å². The number of benzene rings is 1. The van der Waals surface area contributed by atoms with E-state index in [-0.39, 0.29) is 4.90 Å². The van der Waals surface area contributed by atoms with Crippen LogP contribution in [0.5, 0.6) is 0 Å². The number of anilines is 2. The molecule has 0 spiro atoms. The molecule has 1 aromatic heterocycles. The topological polar surface area (TPSA) is 90.0 Å². The van der Waals surface area contributed by atoms with Crippen molar-refractivity contribution < 1.29 is 8.42 Å². The zero-order valence-corrected chi connectivity index (χ0v) is 11.6. The Morgan fingerprint density at radius 1 is 1.37 bits per heavy atom. The molecule has 0 fully saturated rings. The monoisotopic (exact) mass is 280 g/mol. The molecular weight excluding hydrogens is 264 g/mol. The van der Waals surface area contributed by atoms with Gasteiger partial charge in [-0.15, -0.1) is 0 Å². The summed E-state index contributed by atoms with van der Waals surface area (Å²) in [5.41, 5.74) is 7.32. The van der Waals surface area contributed by atoms with Crippen LogP contribution in [0.25, 0.3) is 0 Å². The first kappa shape index (κ1) is 13.4. The molecule has 3 N–H and O–H groups in total. The largest absolute Gasteiger partial charge is 0.399 e. The van der Waals surface area contributed by atoms with Gasteiger partial charge >= 0.3 is 0 Å². The lowest BCUT2D eigenvalue weighted by Crippen LogP contribution is -2.13. The molecule has 0 amide bonds. The second-order valence-corrected chi connectivity index (χ2v) is 5.95. The highest BCUT2D eigenvalue weighted by atomic mass is 32.2. The molecule has 0 atom stereocenters. The predicted octanol–water partition coefficient (Wildman–Crippen LogP) is 1.59. The molecule has 6 nitrogen and oxygen atoms in total. The summed E-state index contributed by atoms with van der Waals surface area (Å²) < 4.78 is 28.5. The summed E-state index contributed by atoms with van der Waals surface area (Å²) in [5.74, 6) is 0. The third-order valence-corrected chi connectivity index (χ3v) is 3.95. The number of sulfonamides is 1. The molecule has 2 aromatic rings. The van der Waals surface area contributed by atoms with Gasteiger partial charge in [-0.2, -0.15) is 5.10 Å². The lowest BCUT2D eigenvalue weighted by atomic mass is 10.2. The quantitative estimate of drug-likeness (QED) is 0.832. The van der Waals surface area contributed by atoms with Gasteiger partial charge in [0.2, 0.25) is 0 Å². The van der Waals surface area contributed by atoms with Gasteiger partial charge in [-0.3, -0.25) is 9.40 Å². The molecule has 7 heteroatoms. The van der Waals surface area contributed by atoms with Crippen molar-refractivity contribution in [3.05, 3.63) is 36.2 Å². The van der Waals surface area contributed by atoms with E-state index in [1.54, 1.807) is 29.9 Å². The molecule has 0 saturated carbocycles. The average Bonchev–Trinajstić information content (AvgIpc) is 2.74. The van der Waals surface area contributed by atoms with Crippen molar-refractivity contribution in [3.63, 3.8) is 0 Å². The van der Waals surface area contributed by atoms with Crippen molar-refractivity contribution >= 4 is 21.4 Å². The molecule has 19 heavy (non-hydrogen) atoms. The third kappa shape index (κ3) is 3.05. The highest BCUT2D eigenvalue weighted by Gasteiger charge is 2.16. The first-order valence-electron chi connectivity index (χ1n) is 5.83. The summed E-state index contributed by atoms with van der Waals surface area (Å²) in [4.78, 5) is 0.147. The minimum absolute atomic E-state index is 0.147. The lowest BCUT2D eigenvalue weighted by Gasteiger charge is -2.07. The Bertz CT molecular complexity index is 671. The van der Waals surface area contributed by atoms with E-state index in [2.05, 4.69) is 9.82 Å². The molecule has 1 aromatic carbocycles. The fourth-order valence-electron chi connectivity index (χ4n) is 1.73. The Balaban J connectivity index is 2.31. The van der Waals surface area contributed by atoms with Crippen LogP contribution in [0.1, 0.15) is 12.5 Å². The number of nitrogen functional groups attached to an aromatic ring is 1. The number of nitrogens with one attached hydrogen (secondary N) is 1. The van der Waals surface area contributed by atoms with Gasteiger partial charge < -0.3 is 5.73 Å². The van der Waals surface area contributed by atoms with Gasteiger partial charge in [0, 0.05) is 18.4 Å². The minimum Gasteiger partial charge on any atom is -0.399 e. The van der Waals surface area contributed by atoms with E-state index in [1.807, 2.05) is 6.92 Å². The van der Waals surface area contributed by atoms with Gasteiger partial charge in [-0.1, -0.05) is 0 Å². The molecule has 2 rings (SSSR count). The number of aromatic nitrogens is 2. The van der Waals surface area contributed by atoms with Gasteiger partial charge in [0.05, 0.1) is 16.8 Å². The smallest absolute Gasteiger partial charge is 0.262 e. The van der Waals surface area contributed by atoms with E-state index in [0.29, 0.717) is 17.9 Å². The van der Waals surface area contributed by atoms with Crippen molar-refractivity contribution in [2.24, 2.45) is 0 Å². The van der Waals surface area contributed by atoms with Crippen molar-refractivity contribution in [3.8, 4) is 0 Å². The van der Waals surface area contributed by atoms with Gasteiger partial charge in [-0.05, 0) is 37.6 Å². The summed E-state index contributed by atoms with van der Waals surface area (Å²) in [5, 5.41) is 4.01. The van der Waals surface area contributed by atoms with Crippen molar-refractivity contribution in [1.82, 2.24) is 9.78 Å². The van der Waals surface area contributed by atoms with Crippen molar-refractivity contribution in [1.29, 1.82) is 0 Å². The van der Waals surface area contributed by atoms with Gasteiger partial charge in [-0.25, -0.2) is 8.42 Å². The fraction of sp³-hybridized carbons (Fsp3) is 0.250. The maximum Gasteiger partial charge on any atom is 0.262 e. The highest BCUT2D eigenvalue weighted by molar-refractivity contribution is 7.92. The van der Waals surface area contributed by atoms with Crippen molar-refractivity contribution in [2.45, 2.75) is 25.3 Å². The standard InChI is InChI=1S/C12H16N4O2S/c1-3-16-8-11(7-14-16)15-19(17,18)12-5-9(2)4-10(13)6-12/h4-8,15H,3,13H2,1-2H3. The summed E-state index contributed by atoms with van der Waals surface area (Å²) in [6.07, 6.45) is 3.11. The number of nitrogens with two attached hydrogens (primary N) is 1. The van der Waals surface area contributed by atoms with E-state index in [9.17, 15) is 8.42 Å². The second kappa shape index (κ2) is 4.93. The van der Waals surface area contributed by atoms with Crippen LogP contribution in [-0.2, 0) is 16.6 Å². The van der Waals surface area contributed by atoms with Crippen LogP contribution < -0.4 is 10.5 Å². The van der Waals surface area contributed by atoms with E-state index in [1.165, 1.54) is 12.3 Å². The number of hydrogen-bond donors (Lipinski definition) is 2. The first-order valence-corrected chi connectivity index (χ1v) is 7.31. The molecular formula is C12H16N4O2S. The van der Waals surface area contributed by atoms with Crippen LogP contribution in [-0.4, -0.2) is 18.2 Å². The number of rotatable bonds is 4. The molecule has 0 aliphatic heterocycles. The van der Waals surface area contributed by atoms with Crippen LogP contribution in [0.3, 0.4) is 0 Å². The lowest BCUT2D eigenvalue weighted by molar-refractivity contribution is 0.601. The second-order valence-electron chi connectivity index (χ2n) is 4.27. The average molecular weight is 280 g/mol. The Kier molecular flexibility index (Phi) is 3.48. The Labute approximate surface area is 112 Å². The molecule has 1 heterocycles. The zero-order chi connectivity index (χ0) is 14.0. The predicted molar refractivity (Wildman–Crippen MR) is 74.3 cm³/mol. The Hall–Kier alpha value is -2.02. The van der Waals surface area contributed by atoms with E-state index < -0.39 is 10.0 Å². The Morgan fingerprint density at radius 2 is 2.11 bits per heavy atom. The van der Waals surface area contributed by atoms with Crippen LogP contribution in [0.4, 0.5) is 11.4 Å². The summed E-state index contributed by atoms with van der Waals surface area (Å²) in [7, 11) is -3.64. The fourth-order valence-corrected chi connectivity index (χ4v) is 2.90. The molecule has 0 saturated heterocycles. The molecule has 102 valence electrons. The maximum atomic E-state index is 12.2. The van der Waals surface area contributed by atoms with Crippen LogP contribution in [0.2, 0.25) is 0 Å². The Morgan fingerprint density at radius 3 is 2.68 bits per heavy atom. The van der Waals surface area contributed by atoms with Crippen LogP contribution in [0.15, 0.2) is 35.5 Å². The van der Waals surface area contributed by atoms with Crippen LogP contribution >= 0.6 is 0 Å². The highest BCUT2D eigenvalue weighted by Crippen LogP contribution is 2.19. The maximum absolute atomic E-state index is 12.2. The van der Waals surface area contributed by atoms with Crippen molar-refractivity contribution in [2.75, 3.05) is 10.5 Å².